The summed E-state index contributed by atoms with van der Waals surface area (Å²) in [7, 11) is 4.10. The van der Waals surface area contributed by atoms with Gasteiger partial charge in [-0.3, -0.25) is 14.6 Å². The second kappa shape index (κ2) is 10.6. The van der Waals surface area contributed by atoms with Crippen LogP contribution in [0.4, 0.5) is 14.6 Å². The summed E-state index contributed by atoms with van der Waals surface area (Å²) in [5.41, 5.74) is 2.95. The summed E-state index contributed by atoms with van der Waals surface area (Å²) < 4.78 is 32.5. The summed E-state index contributed by atoms with van der Waals surface area (Å²) in [6.07, 6.45) is 4.51. The Kier molecular flexibility index (Phi) is 7.07. The molecule has 3 aromatic heterocycles. The lowest BCUT2D eigenvalue weighted by molar-refractivity contribution is -0.129. The van der Waals surface area contributed by atoms with Gasteiger partial charge in [-0.05, 0) is 58.5 Å². The molecule has 0 bridgehead atoms. The van der Waals surface area contributed by atoms with Gasteiger partial charge in [0, 0.05) is 53.1 Å². The molecule has 0 atom stereocenters. The Labute approximate surface area is 268 Å². The molecule has 13 heteroatoms. The van der Waals surface area contributed by atoms with Crippen LogP contribution in [-0.2, 0) is 4.79 Å². The van der Waals surface area contributed by atoms with Gasteiger partial charge in [-0.1, -0.05) is 29.8 Å². The molecule has 234 valence electrons. The van der Waals surface area contributed by atoms with E-state index in [4.69, 9.17) is 33.3 Å². The van der Waals surface area contributed by atoms with Crippen LogP contribution >= 0.6 is 23.2 Å². The van der Waals surface area contributed by atoms with Crippen LogP contribution in [0.5, 0.6) is 0 Å². The number of halogens is 4. The maximum atomic E-state index is 17.1. The predicted molar refractivity (Wildman–Crippen MR) is 174 cm³/mol. The molecular weight excluding hydrogens is 621 g/mol. The summed E-state index contributed by atoms with van der Waals surface area (Å²) in [4.78, 5) is 23.0. The molecule has 7 rings (SSSR count). The van der Waals surface area contributed by atoms with Crippen molar-refractivity contribution in [2.75, 3.05) is 45.2 Å². The Bertz CT molecular complexity index is 2040. The number of hydrogen-bond donors (Lipinski definition) is 1. The highest BCUT2D eigenvalue weighted by Gasteiger charge is 2.42. The molecule has 0 radical (unpaired) electrons. The fourth-order valence-electron chi connectivity index (χ4n) is 6.78. The molecule has 1 amide bonds. The first-order valence-electron chi connectivity index (χ1n) is 14.8. The number of aromatic nitrogens is 5. The SMILES string of the molecule is C=C(F)C(=O)N1CCC(n2ncc3c(N4CC(C)(N(C)C)C4)nc4c(F)c(-c5c(C)c(Cl)cc6[nH]ncc56)c(Cl)cc4c32)CC1. The molecule has 2 aliphatic heterocycles. The minimum Gasteiger partial charge on any atom is -0.352 e. The summed E-state index contributed by atoms with van der Waals surface area (Å²) in [5.74, 6) is -1.57. The zero-order valence-corrected chi connectivity index (χ0v) is 26.9. The fourth-order valence-corrected chi connectivity index (χ4v) is 7.27. The third kappa shape index (κ3) is 4.58. The Morgan fingerprint density at radius 2 is 1.80 bits per heavy atom. The first-order valence-corrected chi connectivity index (χ1v) is 15.5. The number of likely N-dealkylation sites (N-methyl/N-ethyl adjacent to an activating group) is 1. The molecule has 1 N–H and O–H groups in total. The largest absolute Gasteiger partial charge is 0.352 e. The minimum atomic E-state index is -0.970. The van der Waals surface area contributed by atoms with Crippen LogP contribution in [0, 0.1) is 12.7 Å². The standard InChI is InChI=1S/C32H32Cl2F2N8O/c1-16-22(33)11-24-20(12-37-40-24)25(16)26-23(34)10-19-28(27(26)36)39-30(43-14-32(3,15-43)41(4)5)21-13-38-44(29(19)21)18-6-8-42(9-7-18)31(45)17(2)35/h10-13,18H,2,6-9,14-15H2,1,3-5H3,(H,37,40). The number of aromatic amines is 1. The molecule has 5 heterocycles. The smallest absolute Gasteiger partial charge is 0.281 e. The average Bonchev–Trinajstić information content (AvgIpc) is 3.64. The third-order valence-electron chi connectivity index (χ3n) is 9.67. The molecule has 45 heavy (non-hydrogen) atoms. The summed E-state index contributed by atoms with van der Waals surface area (Å²) in [6.45, 7) is 9.29. The highest BCUT2D eigenvalue weighted by atomic mass is 35.5. The van der Waals surface area contributed by atoms with E-state index in [0.29, 0.717) is 77.3 Å². The van der Waals surface area contributed by atoms with Crippen LogP contribution < -0.4 is 4.90 Å². The first kappa shape index (κ1) is 29.9. The van der Waals surface area contributed by atoms with E-state index in [2.05, 4.69) is 33.5 Å². The van der Waals surface area contributed by atoms with Crippen LogP contribution in [0.25, 0.3) is 43.8 Å². The number of nitrogens with one attached hydrogen (secondary N) is 1. The van der Waals surface area contributed by atoms with Crippen molar-refractivity contribution in [3.05, 3.63) is 58.4 Å². The second-order valence-electron chi connectivity index (χ2n) is 12.6. The molecule has 2 aromatic carbocycles. The number of carbonyl (C=O) groups is 1. The van der Waals surface area contributed by atoms with Crippen LogP contribution in [0.15, 0.2) is 36.9 Å². The predicted octanol–water partition coefficient (Wildman–Crippen LogP) is 6.67. The highest BCUT2D eigenvalue weighted by molar-refractivity contribution is 6.36. The van der Waals surface area contributed by atoms with Crippen molar-refractivity contribution in [1.29, 1.82) is 0 Å². The zero-order valence-electron chi connectivity index (χ0n) is 25.4. The van der Waals surface area contributed by atoms with Gasteiger partial charge in [0.25, 0.3) is 5.91 Å². The lowest BCUT2D eigenvalue weighted by Crippen LogP contribution is -2.67. The number of anilines is 1. The van der Waals surface area contributed by atoms with Crippen molar-refractivity contribution in [3.63, 3.8) is 0 Å². The minimum absolute atomic E-state index is 0.0623. The molecule has 2 aliphatic rings. The van der Waals surface area contributed by atoms with E-state index in [1.807, 2.05) is 25.7 Å². The van der Waals surface area contributed by atoms with Gasteiger partial charge in [0.05, 0.1) is 45.4 Å². The molecular formula is C32H32Cl2F2N8O. The summed E-state index contributed by atoms with van der Waals surface area (Å²) >= 11 is 13.5. The quantitative estimate of drug-likeness (QED) is 0.214. The molecule has 2 saturated heterocycles. The van der Waals surface area contributed by atoms with E-state index >= 15 is 4.39 Å². The van der Waals surface area contributed by atoms with Gasteiger partial charge < -0.3 is 14.7 Å². The number of hydrogen-bond acceptors (Lipinski definition) is 6. The number of fused-ring (bicyclic) bond motifs is 4. The molecule has 0 unspecified atom stereocenters. The number of pyridine rings is 1. The monoisotopic (exact) mass is 652 g/mol. The van der Waals surface area contributed by atoms with Crippen molar-refractivity contribution >= 4 is 67.6 Å². The molecule has 2 fully saturated rings. The fraction of sp³-hybridized carbons (Fsp3) is 0.375. The van der Waals surface area contributed by atoms with E-state index < -0.39 is 17.6 Å². The van der Waals surface area contributed by atoms with Crippen molar-refractivity contribution in [2.45, 2.75) is 38.3 Å². The number of benzene rings is 2. The van der Waals surface area contributed by atoms with Gasteiger partial charge in [0.15, 0.2) is 11.6 Å². The molecule has 5 aromatic rings. The molecule has 0 saturated carbocycles. The van der Waals surface area contributed by atoms with Crippen molar-refractivity contribution in [1.82, 2.24) is 34.8 Å². The number of H-pyrrole nitrogens is 1. The van der Waals surface area contributed by atoms with Crippen molar-refractivity contribution in [3.8, 4) is 11.1 Å². The van der Waals surface area contributed by atoms with Gasteiger partial charge >= 0.3 is 0 Å². The first-order chi connectivity index (χ1) is 21.4. The number of rotatable bonds is 5. The molecule has 0 spiro atoms. The third-order valence-corrected chi connectivity index (χ3v) is 10.4. The highest BCUT2D eigenvalue weighted by Crippen LogP contribution is 2.46. The van der Waals surface area contributed by atoms with Crippen LogP contribution in [0.2, 0.25) is 10.0 Å². The number of likely N-dealkylation sites (tertiary alicyclic amines) is 1. The van der Waals surface area contributed by atoms with E-state index in [1.165, 1.54) is 4.90 Å². The van der Waals surface area contributed by atoms with Gasteiger partial charge in [-0.25, -0.2) is 13.8 Å². The Balaban J connectivity index is 1.43. The number of carbonyl (C=O) groups excluding carboxylic acids is 1. The molecule has 9 nitrogen and oxygen atoms in total. The lowest BCUT2D eigenvalue weighted by atomic mass is 9.90. The van der Waals surface area contributed by atoms with Gasteiger partial charge in [0.2, 0.25) is 0 Å². The van der Waals surface area contributed by atoms with Crippen molar-refractivity contribution in [2.24, 2.45) is 0 Å². The van der Waals surface area contributed by atoms with E-state index in [1.54, 1.807) is 24.5 Å². The summed E-state index contributed by atoms with van der Waals surface area (Å²) in [5, 5.41) is 14.6. The Morgan fingerprint density at radius 3 is 2.47 bits per heavy atom. The van der Waals surface area contributed by atoms with Crippen molar-refractivity contribution < 1.29 is 13.6 Å². The van der Waals surface area contributed by atoms with Gasteiger partial charge in [-0.15, -0.1) is 0 Å². The average molecular weight is 654 g/mol. The number of nitrogens with zero attached hydrogens (tertiary/aromatic N) is 7. The van der Waals surface area contributed by atoms with Gasteiger partial charge in [-0.2, -0.15) is 10.2 Å². The maximum Gasteiger partial charge on any atom is 0.281 e. The van der Waals surface area contributed by atoms with Crippen LogP contribution in [0.1, 0.15) is 31.4 Å². The number of piperidine rings is 1. The van der Waals surface area contributed by atoms with Crippen LogP contribution in [-0.4, -0.2) is 86.5 Å². The van der Waals surface area contributed by atoms with Gasteiger partial charge in [0.1, 0.15) is 11.3 Å². The van der Waals surface area contributed by atoms with E-state index in [0.717, 1.165) is 10.9 Å². The van der Waals surface area contributed by atoms with E-state index in [-0.39, 0.29) is 27.7 Å². The van der Waals surface area contributed by atoms with Crippen LogP contribution in [0.3, 0.4) is 0 Å². The normalized spacial score (nSPS) is 17.2. The lowest BCUT2D eigenvalue weighted by Gasteiger charge is -2.52. The Hall–Kier alpha value is -3.80. The zero-order chi connectivity index (χ0) is 31.9. The Morgan fingerprint density at radius 1 is 1.09 bits per heavy atom. The topological polar surface area (TPSA) is 86.2 Å². The second-order valence-corrected chi connectivity index (χ2v) is 13.4. The summed E-state index contributed by atoms with van der Waals surface area (Å²) in [6, 6.07) is 3.41. The molecule has 0 aliphatic carbocycles. The van der Waals surface area contributed by atoms with E-state index in [9.17, 15) is 9.18 Å². The maximum absolute atomic E-state index is 17.1. The number of amides is 1.